The highest BCUT2D eigenvalue weighted by atomic mass is 19.1. The smallest absolute Gasteiger partial charge is 0.322 e. The Labute approximate surface area is 182 Å². The van der Waals surface area contributed by atoms with Gasteiger partial charge in [-0.05, 0) is 55.0 Å². The summed E-state index contributed by atoms with van der Waals surface area (Å²) in [6.45, 7) is 4.59. The molecule has 2 N–H and O–H groups in total. The van der Waals surface area contributed by atoms with Gasteiger partial charge in [-0.2, -0.15) is 4.68 Å². The normalized spacial score (nSPS) is 18.1. The number of urea groups is 1. The summed E-state index contributed by atoms with van der Waals surface area (Å²) in [5.74, 6) is -1.51. The molecule has 0 saturated carbocycles. The fourth-order valence-electron chi connectivity index (χ4n) is 3.47. The molecule has 1 unspecified atom stereocenters. The molecule has 1 saturated heterocycles. The molecule has 2 heterocycles. The van der Waals surface area contributed by atoms with Crippen LogP contribution in [0.4, 0.5) is 14.9 Å². The number of amides is 4. The van der Waals surface area contributed by atoms with Crippen molar-refractivity contribution >= 4 is 23.5 Å². The molecular weight excluding hydrogens is 417 g/mol. The second-order valence-corrected chi connectivity index (χ2v) is 7.66. The van der Waals surface area contributed by atoms with Crippen LogP contribution in [0.15, 0.2) is 42.5 Å². The average molecular weight is 437 g/mol. The zero-order chi connectivity index (χ0) is 23.0. The van der Waals surface area contributed by atoms with Gasteiger partial charge in [0.05, 0.1) is 11.4 Å². The van der Waals surface area contributed by atoms with Gasteiger partial charge in [-0.25, -0.2) is 9.18 Å². The van der Waals surface area contributed by atoms with E-state index in [1.807, 2.05) is 19.1 Å². The van der Waals surface area contributed by atoms with E-state index in [1.54, 1.807) is 26.0 Å². The molecule has 1 aromatic heterocycles. The second kappa shape index (κ2) is 7.84. The molecule has 1 aliphatic heterocycles. The Bertz CT molecular complexity index is 1220. The molecule has 4 amide bonds. The van der Waals surface area contributed by atoms with Gasteiger partial charge in [-0.1, -0.05) is 29.8 Å². The van der Waals surface area contributed by atoms with Gasteiger partial charge < -0.3 is 10.6 Å². The number of anilines is 1. The minimum atomic E-state index is -1.30. The summed E-state index contributed by atoms with van der Waals surface area (Å²) in [5.41, 5.74) is 0.613. The van der Waals surface area contributed by atoms with Crippen molar-refractivity contribution in [1.29, 1.82) is 0 Å². The Morgan fingerprint density at radius 3 is 2.53 bits per heavy atom. The highest BCUT2D eigenvalue weighted by molar-refractivity contribution is 6.10. The van der Waals surface area contributed by atoms with Crippen molar-refractivity contribution < 1.29 is 18.8 Å². The number of rotatable bonds is 5. The standard InChI is InChI=1S/C21H20FN7O3/c1-12-4-6-14(7-5-12)21(3)19(31)28(20(32)24-21)11-18(30)23-17-10-15(8-9-16(17)22)29-13(2)25-26-27-29/h4-10H,11H2,1-3H3,(H,23,30)(H,24,32). The highest BCUT2D eigenvalue weighted by Crippen LogP contribution is 2.29. The number of aryl methyl sites for hydroxylation is 2. The molecule has 1 aliphatic rings. The zero-order valence-electron chi connectivity index (χ0n) is 17.6. The number of benzene rings is 2. The molecule has 11 heteroatoms. The lowest BCUT2D eigenvalue weighted by Crippen LogP contribution is -2.42. The summed E-state index contributed by atoms with van der Waals surface area (Å²) in [5, 5.41) is 16.1. The third-order valence-corrected chi connectivity index (χ3v) is 5.30. The number of hydrogen-bond donors (Lipinski definition) is 2. The summed E-state index contributed by atoms with van der Waals surface area (Å²) >= 11 is 0. The minimum absolute atomic E-state index is 0.129. The Morgan fingerprint density at radius 1 is 1.16 bits per heavy atom. The van der Waals surface area contributed by atoms with Gasteiger partial charge >= 0.3 is 6.03 Å². The number of imide groups is 1. The first-order valence-electron chi connectivity index (χ1n) is 9.75. The second-order valence-electron chi connectivity index (χ2n) is 7.66. The van der Waals surface area contributed by atoms with E-state index >= 15 is 0 Å². The minimum Gasteiger partial charge on any atom is -0.322 e. The van der Waals surface area contributed by atoms with Crippen LogP contribution in [-0.2, 0) is 15.1 Å². The van der Waals surface area contributed by atoms with Crippen molar-refractivity contribution in [2.75, 3.05) is 11.9 Å². The number of nitrogens with one attached hydrogen (secondary N) is 2. The lowest BCUT2D eigenvalue weighted by molar-refractivity contribution is -0.133. The van der Waals surface area contributed by atoms with Crippen LogP contribution in [0.2, 0.25) is 0 Å². The Hall–Kier alpha value is -4.15. The van der Waals surface area contributed by atoms with E-state index in [4.69, 9.17) is 0 Å². The third-order valence-electron chi connectivity index (χ3n) is 5.30. The van der Waals surface area contributed by atoms with E-state index in [0.717, 1.165) is 16.5 Å². The molecule has 3 aromatic rings. The molecule has 10 nitrogen and oxygen atoms in total. The van der Waals surface area contributed by atoms with Crippen LogP contribution < -0.4 is 10.6 Å². The van der Waals surface area contributed by atoms with Crippen molar-refractivity contribution in [2.24, 2.45) is 0 Å². The molecular formula is C21H20FN7O3. The number of carbonyl (C=O) groups is 3. The molecule has 4 rings (SSSR count). The molecule has 0 aliphatic carbocycles. The first-order chi connectivity index (χ1) is 15.2. The molecule has 0 bridgehead atoms. The predicted molar refractivity (Wildman–Crippen MR) is 111 cm³/mol. The summed E-state index contributed by atoms with van der Waals surface area (Å²) in [4.78, 5) is 38.8. The van der Waals surface area contributed by atoms with E-state index in [9.17, 15) is 18.8 Å². The highest BCUT2D eigenvalue weighted by Gasteiger charge is 2.49. The molecule has 0 radical (unpaired) electrons. The van der Waals surface area contributed by atoms with Crippen molar-refractivity contribution in [3.05, 3.63) is 65.2 Å². The van der Waals surface area contributed by atoms with Gasteiger partial charge in [0.1, 0.15) is 17.9 Å². The number of carbonyl (C=O) groups excluding carboxylic acids is 3. The first-order valence-corrected chi connectivity index (χ1v) is 9.75. The van der Waals surface area contributed by atoms with Gasteiger partial charge in [-0.15, -0.1) is 5.10 Å². The van der Waals surface area contributed by atoms with E-state index in [1.165, 1.54) is 16.8 Å². The molecule has 1 atom stereocenters. The van der Waals surface area contributed by atoms with Crippen molar-refractivity contribution in [2.45, 2.75) is 26.3 Å². The number of tetrazole rings is 1. The average Bonchev–Trinajstić information content (AvgIpc) is 3.27. The number of hydrogen-bond acceptors (Lipinski definition) is 6. The van der Waals surface area contributed by atoms with Gasteiger partial charge in [-0.3, -0.25) is 14.5 Å². The lowest BCUT2D eigenvalue weighted by Gasteiger charge is -2.22. The topological polar surface area (TPSA) is 122 Å². The van der Waals surface area contributed by atoms with Gasteiger partial charge in [0, 0.05) is 0 Å². The summed E-state index contributed by atoms with van der Waals surface area (Å²) in [7, 11) is 0. The van der Waals surface area contributed by atoms with Crippen molar-refractivity contribution in [3.8, 4) is 5.69 Å². The Kier molecular flexibility index (Phi) is 5.17. The molecule has 2 aromatic carbocycles. The number of nitrogens with zero attached hydrogens (tertiary/aromatic N) is 5. The van der Waals surface area contributed by atoms with Gasteiger partial charge in [0.25, 0.3) is 5.91 Å². The van der Waals surface area contributed by atoms with E-state index in [2.05, 4.69) is 26.2 Å². The zero-order valence-corrected chi connectivity index (χ0v) is 17.6. The van der Waals surface area contributed by atoms with Crippen LogP contribution in [0.25, 0.3) is 5.69 Å². The van der Waals surface area contributed by atoms with Gasteiger partial charge in [0.15, 0.2) is 5.82 Å². The fraction of sp³-hybridized carbons (Fsp3) is 0.238. The van der Waals surface area contributed by atoms with Crippen molar-refractivity contribution in [3.63, 3.8) is 0 Å². The fourth-order valence-corrected chi connectivity index (χ4v) is 3.47. The Balaban J connectivity index is 1.51. The Morgan fingerprint density at radius 2 is 1.88 bits per heavy atom. The van der Waals surface area contributed by atoms with Crippen LogP contribution in [0.5, 0.6) is 0 Å². The summed E-state index contributed by atoms with van der Waals surface area (Å²) in [6.07, 6.45) is 0. The van der Waals surface area contributed by atoms with Crippen LogP contribution >= 0.6 is 0 Å². The maximum atomic E-state index is 14.3. The SMILES string of the molecule is Cc1ccc(C2(C)NC(=O)N(CC(=O)Nc3cc(-n4nnnc4C)ccc3F)C2=O)cc1. The summed E-state index contributed by atoms with van der Waals surface area (Å²) < 4.78 is 15.7. The first kappa shape index (κ1) is 21.1. The number of halogens is 1. The largest absolute Gasteiger partial charge is 0.325 e. The lowest BCUT2D eigenvalue weighted by atomic mass is 9.91. The van der Waals surface area contributed by atoms with E-state index in [0.29, 0.717) is 17.1 Å². The maximum absolute atomic E-state index is 14.3. The van der Waals surface area contributed by atoms with Crippen LogP contribution in [-0.4, -0.2) is 49.5 Å². The predicted octanol–water partition coefficient (Wildman–Crippen LogP) is 1.82. The molecule has 1 fully saturated rings. The summed E-state index contributed by atoms with van der Waals surface area (Å²) in [6, 6.07) is 10.4. The van der Waals surface area contributed by atoms with Crippen LogP contribution in [0, 0.1) is 19.7 Å². The van der Waals surface area contributed by atoms with Crippen LogP contribution in [0.3, 0.4) is 0 Å². The van der Waals surface area contributed by atoms with Crippen molar-refractivity contribution in [1.82, 2.24) is 30.4 Å². The molecule has 32 heavy (non-hydrogen) atoms. The molecule has 0 spiro atoms. The third kappa shape index (κ3) is 3.68. The molecule has 164 valence electrons. The van der Waals surface area contributed by atoms with Crippen LogP contribution in [0.1, 0.15) is 23.9 Å². The monoisotopic (exact) mass is 437 g/mol. The van der Waals surface area contributed by atoms with E-state index < -0.39 is 35.7 Å². The van der Waals surface area contributed by atoms with Gasteiger partial charge in [0.2, 0.25) is 5.91 Å². The maximum Gasteiger partial charge on any atom is 0.325 e. The number of aromatic nitrogens is 4. The quantitative estimate of drug-likeness (QED) is 0.587. The van der Waals surface area contributed by atoms with E-state index in [-0.39, 0.29) is 5.69 Å².